The van der Waals surface area contributed by atoms with Gasteiger partial charge in [-0.25, -0.2) is 0 Å². The topological polar surface area (TPSA) is 50.1 Å². The van der Waals surface area contributed by atoms with E-state index in [1.807, 2.05) is 6.08 Å². The van der Waals surface area contributed by atoms with Gasteiger partial charge in [0, 0.05) is 0 Å². The van der Waals surface area contributed by atoms with Crippen LogP contribution < -0.4 is 0 Å². The van der Waals surface area contributed by atoms with Crippen LogP contribution in [-0.4, -0.2) is 12.1 Å². The van der Waals surface area contributed by atoms with Crippen molar-refractivity contribution in [2.45, 2.75) is 109 Å². The predicted octanol–water partition coefficient (Wildman–Crippen LogP) is 8.51. The van der Waals surface area contributed by atoms with Crippen LogP contribution in [-0.2, 0) is 16.0 Å². The summed E-state index contributed by atoms with van der Waals surface area (Å²) < 4.78 is 18.7. The monoisotopic (exact) mass is 479 g/mol. The van der Waals surface area contributed by atoms with Gasteiger partial charge in [-0.2, -0.15) is 9.65 Å². The molecule has 0 saturated heterocycles. The molecule has 0 bridgehead atoms. The number of unbranched alkanes of at least 4 members (excludes halogenated alkanes) is 2. The number of nitrogens with zero attached hydrogens (tertiary/aromatic N) is 1. The molecule has 0 heterocycles. The summed E-state index contributed by atoms with van der Waals surface area (Å²) in [5.41, 5.74) is 2.87. The number of halogens is 1. The molecular weight excluding hydrogens is 437 g/mol. The van der Waals surface area contributed by atoms with E-state index in [1.54, 1.807) is 6.08 Å². The number of hydrogen-bond donors (Lipinski definition) is 0. The summed E-state index contributed by atoms with van der Waals surface area (Å²) >= 11 is 0. The second kappa shape index (κ2) is 14.9. The van der Waals surface area contributed by atoms with E-state index in [4.69, 9.17) is 10.00 Å². The summed E-state index contributed by atoms with van der Waals surface area (Å²) in [7, 11) is 0. The number of rotatable bonds is 11. The first-order valence-corrected chi connectivity index (χ1v) is 13.8. The maximum absolute atomic E-state index is 12.8. The van der Waals surface area contributed by atoms with Gasteiger partial charge in [0.25, 0.3) is 0 Å². The van der Waals surface area contributed by atoms with Crippen molar-refractivity contribution in [2.24, 2.45) is 11.8 Å². The first kappa shape index (κ1) is 27.2. The zero-order valence-corrected chi connectivity index (χ0v) is 21.4. The third-order valence-corrected chi connectivity index (χ3v) is 7.88. The molecule has 3 rings (SSSR count). The summed E-state index contributed by atoms with van der Waals surface area (Å²) in [6, 6.07) is 10.7. The second-order valence-corrected chi connectivity index (χ2v) is 10.5. The summed E-state index contributed by atoms with van der Waals surface area (Å²) in [5.74, 6) is 0.522. The van der Waals surface area contributed by atoms with Crippen molar-refractivity contribution >= 4 is 5.97 Å². The van der Waals surface area contributed by atoms with Crippen molar-refractivity contribution in [2.75, 3.05) is 0 Å². The Morgan fingerprint density at radius 1 is 1.06 bits per heavy atom. The van der Waals surface area contributed by atoms with Crippen LogP contribution in [0.25, 0.3) is 0 Å². The number of carbonyl (C=O) groups excluding carboxylic acids is 1. The van der Waals surface area contributed by atoms with E-state index in [0.29, 0.717) is 11.8 Å². The highest BCUT2D eigenvalue weighted by molar-refractivity contribution is 5.72. The number of nitriles is 1. The van der Waals surface area contributed by atoms with Gasteiger partial charge in [0.1, 0.15) is 12.2 Å². The average molecular weight is 480 g/mol. The minimum Gasteiger partial charge on any atom is -0.462 e. The number of benzene rings is 1. The molecule has 35 heavy (non-hydrogen) atoms. The van der Waals surface area contributed by atoms with E-state index < -0.39 is 5.83 Å². The molecule has 0 spiro atoms. The fourth-order valence-corrected chi connectivity index (χ4v) is 5.61. The standard InChI is InChI=1S/C31H42FNO2/c1-2-3-5-8-24-11-15-26(16-12-24)27-17-19-28(20-18-27)31(34)35-30-21-13-25(14-22-30)9-6-4-7-10-29(32)23-33/h4,7,10-12,15-16,25,27-28,30H,2-3,5-6,8-9,13-14,17-22H2,1H3/b7-4+,29-10?/t25?,27-,28-,30?. The van der Waals surface area contributed by atoms with Crippen LogP contribution in [0.5, 0.6) is 0 Å². The molecule has 2 aliphatic rings. The van der Waals surface area contributed by atoms with E-state index in [1.165, 1.54) is 49.0 Å². The lowest BCUT2D eigenvalue weighted by Gasteiger charge is -2.31. The SMILES string of the molecule is CCCCCc1ccc([C@H]2CC[C@H](C(=O)OC3CCC(CC/C=C/C=C(F)C#N)CC3)CC2)cc1. The predicted molar refractivity (Wildman–Crippen MR) is 139 cm³/mol. The van der Waals surface area contributed by atoms with Crippen molar-refractivity contribution in [1.29, 1.82) is 5.26 Å². The Labute approximate surface area is 211 Å². The molecule has 0 radical (unpaired) electrons. The molecule has 0 aliphatic heterocycles. The van der Waals surface area contributed by atoms with E-state index in [-0.39, 0.29) is 18.0 Å². The van der Waals surface area contributed by atoms with Crippen molar-refractivity contribution in [3.05, 3.63) is 59.4 Å². The van der Waals surface area contributed by atoms with Crippen LogP contribution in [0.15, 0.2) is 48.3 Å². The normalized spacial score (nSPS) is 25.3. The number of esters is 1. The van der Waals surface area contributed by atoms with Crippen LogP contribution in [0.1, 0.15) is 107 Å². The highest BCUT2D eigenvalue weighted by Crippen LogP contribution is 2.37. The van der Waals surface area contributed by atoms with Gasteiger partial charge in [0.15, 0.2) is 5.83 Å². The van der Waals surface area contributed by atoms with Crippen molar-refractivity contribution < 1.29 is 13.9 Å². The zero-order valence-electron chi connectivity index (χ0n) is 21.4. The van der Waals surface area contributed by atoms with Crippen LogP contribution in [0.3, 0.4) is 0 Å². The minimum absolute atomic E-state index is 0.0208. The third-order valence-electron chi connectivity index (χ3n) is 7.88. The highest BCUT2D eigenvalue weighted by atomic mass is 19.1. The Balaban J connectivity index is 1.32. The van der Waals surface area contributed by atoms with Gasteiger partial charge >= 0.3 is 5.97 Å². The van der Waals surface area contributed by atoms with Gasteiger partial charge in [0.05, 0.1) is 5.92 Å². The van der Waals surface area contributed by atoms with Crippen molar-refractivity contribution in [3.63, 3.8) is 0 Å². The summed E-state index contributed by atoms with van der Waals surface area (Å²) in [6.07, 6.45) is 19.8. The van der Waals surface area contributed by atoms with Crippen molar-refractivity contribution in [1.82, 2.24) is 0 Å². The van der Waals surface area contributed by atoms with E-state index in [0.717, 1.165) is 64.2 Å². The molecule has 2 saturated carbocycles. The maximum atomic E-state index is 12.8. The first-order valence-electron chi connectivity index (χ1n) is 13.8. The molecule has 0 amide bonds. The van der Waals surface area contributed by atoms with E-state index in [2.05, 4.69) is 31.2 Å². The Bertz CT molecular complexity index is 866. The van der Waals surface area contributed by atoms with Crippen LogP contribution in [0.4, 0.5) is 4.39 Å². The van der Waals surface area contributed by atoms with Crippen LogP contribution in [0.2, 0.25) is 0 Å². The molecule has 2 fully saturated rings. The molecule has 3 nitrogen and oxygen atoms in total. The lowest BCUT2D eigenvalue weighted by Crippen LogP contribution is -2.29. The van der Waals surface area contributed by atoms with Gasteiger partial charge < -0.3 is 4.74 Å². The van der Waals surface area contributed by atoms with Gasteiger partial charge in [-0.15, -0.1) is 0 Å². The third kappa shape index (κ3) is 9.28. The largest absolute Gasteiger partial charge is 0.462 e. The fraction of sp³-hybridized carbons (Fsp3) is 0.613. The Kier molecular flexibility index (Phi) is 11.5. The van der Waals surface area contributed by atoms with E-state index in [9.17, 15) is 9.18 Å². The molecular formula is C31H42FNO2. The smallest absolute Gasteiger partial charge is 0.309 e. The number of aryl methyl sites for hydroxylation is 1. The van der Waals surface area contributed by atoms with E-state index >= 15 is 0 Å². The average Bonchev–Trinajstić information content (AvgIpc) is 2.90. The second-order valence-electron chi connectivity index (χ2n) is 10.5. The van der Waals surface area contributed by atoms with Gasteiger partial charge in [-0.1, -0.05) is 56.2 Å². The van der Waals surface area contributed by atoms with Crippen LogP contribution >= 0.6 is 0 Å². The molecule has 190 valence electrons. The summed E-state index contributed by atoms with van der Waals surface area (Å²) in [4.78, 5) is 12.8. The maximum Gasteiger partial charge on any atom is 0.309 e. The lowest BCUT2D eigenvalue weighted by molar-refractivity contribution is -0.157. The lowest BCUT2D eigenvalue weighted by atomic mass is 9.78. The molecule has 2 aliphatic carbocycles. The fourth-order valence-electron chi connectivity index (χ4n) is 5.61. The van der Waals surface area contributed by atoms with Crippen LogP contribution in [0, 0.1) is 23.2 Å². The number of allylic oxidation sites excluding steroid dienone is 4. The Morgan fingerprint density at radius 3 is 2.43 bits per heavy atom. The molecule has 0 N–H and O–H groups in total. The van der Waals surface area contributed by atoms with Gasteiger partial charge in [-0.3, -0.25) is 4.79 Å². The molecule has 0 unspecified atom stereocenters. The first-order chi connectivity index (χ1) is 17.1. The molecule has 0 atom stereocenters. The number of hydrogen-bond acceptors (Lipinski definition) is 3. The molecule has 1 aromatic rings. The molecule has 1 aromatic carbocycles. The Hall–Kier alpha value is -2.41. The molecule has 4 heteroatoms. The summed E-state index contributed by atoms with van der Waals surface area (Å²) in [5, 5.41) is 8.40. The van der Waals surface area contributed by atoms with Gasteiger partial charge in [0.2, 0.25) is 0 Å². The quantitative estimate of drug-likeness (QED) is 0.138. The minimum atomic E-state index is -0.760. The number of carbonyl (C=O) groups is 1. The number of ether oxygens (including phenoxy) is 1. The molecule has 0 aromatic heterocycles. The van der Waals surface area contributed by atoms with Crippen molar-refractivity contribution in [3.8, 4) is 6.07 Å². The zero-order chi connectivity index (χ0) is 24.9. The van der Waals surface area contributed by atoms with Gasteiger partial charge in [-0.05, 0) is 106 Å². The summed E-state index contributed by atoms with van der Waals surface area (Å²) in [6.45, 7) is 2.24. The highest BCUT2D eigenvalue weighted by Gasteiger charge is 2.31. The Morgan fingerprint density at radius 2 is 1.77 bits per heavy atom.